The SMILES string of the molecule is CCC(C)Sc1ccc(NC(=O)CCCN)c(C)c1. The first-order valence-electron chi connectivity index (χ1n) is 6.84. The average Bonchev–Trinajstić information content (AvgIpc) is 2.39. The molecule has 3 nitrogen and oxygen atoms in total. The predicted octanol–water partition coefficient (Wildman–Crippen LogP) is 3.56. The molecule has 106 valence electrons. The van der Waals surface area contributed by atoms with Crippen molar-refractivity contribution >= 4 is 23.4 Å². The van der Waals surface area contributed by atoms with E-state index >= 15 is 0 Å². The largest absolute Gasteiger partial charge is 0.330 e. The van der Waals surface area contributed by atoms with E-state index in [1.807, 2.05) is 24.8 Å². The summed E-state index contributed by atoms with van der Waals surface area (Å²) in [6.45, 7) is 7.00. The van der Waals surface area contributed by atoms with Crippen molar-refractivity contribution in [2.75, 3.05) is 11.9 Å². The van der Waals surface area contributed by atoms with Gasteiger partial charge in [-0.2, -0.15) is 0 Å². The molecule has 1 atom stereocenters. The molecular formula is C15H24N2OS. The summed E-state index contributed by atoms with van der Waals surface area (Å²) in [6.07, 6.45) is 2.37. The van der Waals surface area contributed by atoms with Gasteiger partial charge < -0.3 is 11.1 Å². The van der Waals surface area contributed by atoms with Crippen molar-refractivity contribution in [2.45, 2.75) is 50.2 Å². The van der Waals surface area contributed by atoms with Crippen LogP contribution in [0.2, 0.25) is 0 Å². The fraction of sp³-hybridized carbons (Fsp3) is 0.533. The Morgan fingerprint density at radius 1 is 1.47 bits per heavy atom. The maximum absolute atomic E-state index is 11.7. The number of thioether (sulfide) groups is 1. The van der Waals surface area contributed by atoms with Gasteiger partial charge in [-0.15, -0.1) is 11.8 Å². The standard InChI is InChI=1S/C15H24N2OS/c1-4-12(3)19-13-7-8-14(11(2)10-13)17-15(18)6-5-9-16/h7-8,10,12H,4-6,9,16H2,1-3H3,(H,17,18). The van der Waals surface area contributed by atoms with Gasteiger partial charge >= 0.3 is 0 Å². The van der Waals surface area contributed by atoms with Crippen LogP contribution in [0.1, 0.15) is 38.7 Å². The van der Waals surface area contributed by atoms with E-state index < -0.39 is 0 Å². The molecule has 0 spiro atoms. The van der Waals surface area contributed by atoms with Gasteiger partial charge in [-0.05, 0) is 50.1 Å². The van der Waals surface area contributed by atoms with Crippen LogP contribution in [0.15, 0.2) is 23.1 Å². The lowest BCUT2D eigenvalue weighted by Gasteiger charge is -2.12. The number of nitrogens with one attached hydrogen (secondary N) is 1. The van der Waals surface area contributed by atoms with Gasteiger partial charge in [-0.1, -0.05) is 13.8 Å². The lowest BCUT2D eigenvalue weighted by Crippen LogP contribution is -2.14. The van der Waals surface area contributed by atoms with Crippen LogP contribution in [-0.4, -0.2) is 17.7 Å². The number of anilines is 1. The molecule has 3 N–H and O–H groups in total. The van der Waals surface area contributed by atoms with Crippen molar-refractivity contribution in [3.8, 4) is 0 Å². The molecular weight excluding hydrogens is 256 g/mol. The second-order valence-electron chi connectivity index (χ2n) is 4.75. The number of hydrogen-bond donors (Lipinski definition) is 2. The highest BCUT2D eigenvalue weighted by molar-refractivity contribution is 7.99. The second kappa shape index (κ2) is 8.23. The minimum absolute atomic E-state index is 0.0379. The van der Waals surface area contributed by atoms with E-state index in [-0.39, 0.29) is 5.91 Å². The Bertz CT molecular complexity index is 421. The minimum atomic E-state index is 0.0379. The number of aryl methyl sites for hydroxylation is 1. The molecule has 1 amide bonds. The maximum Gasteiger partial charge on any atom is 0.224 e. The topological polar surface area (TPSA) is 55.1 Å². The summed E-state index contributed by atoms with van der Waals surface area (Å²) >= 11 is 1.87. The Kier molecular flexibility index (Phi) is 6.95. The first kappa shape index (κ1) is 16.1. The van der Waals surface area contributed by atoms with Crippen molar-refractivity contribution in [1.29, 1.82) is 0 Å². The van der Waals surface area contributed by atoms with Gasteiger partial charge in [0.15, 0.2) is 0 Å². The molecule has 0 aliphatic rings. The maximum atomic E-state index is 11.7. The van der Waals surface area contributed by atoms with E-state index in [1.165, 1.54) is 4.90 Å². The number of carbonyl (C=O) groups is 1. The first-order chi connectivity index (χ1) is 9.06. The third-order valence-electron chi connectivity index (χ3n) is 2.99. The highest BCUT2D eigenvalue weighted by Gasteiger charge is 2.07. The minimum Gasteiger partial charge on any atom is -0.330 e. The van der Waals surface area contributed by atoms with Gasteiger partial charge in [0.05, 0.1) is 0 Å². The zero-order valence-electron chi connectivity index (χ0n) is 12.0. The number of hydrogen-bond acceptors (Lipinski definition) is 3. The van der Waals surface area contributed by atoms with Crippen molar-refractivity contribution < 1.29 is 4.79 Å². The summed E-state index contributed by atoms with van der Waals surface area (Å²) < 4.78 is 0. The van der Waals surface area contributed by atoms with Crippen LogP contribution in [0, 0.1) is 6.92 Å². The summed E-state index contributed by atoms with van der Waals surface area (Å²) in [5.41, 5.74) is 7.40. The third-order valence-corrected chi connectivity index (χ3v) is 4.25. The summed E-state index contributed by atoms with van der Waals surface area (Å²) in [6, 6.07) is 6.19. The second-order valence-corrected chi connectivity index (χ2v) is 6.27. The number of amides is 1. The van der Waals surface area contributed by atoms with Gasteiger partial charge in [0.25, 0.3) is 0 Å². The van der Waals surface area contributed by atoms with Gasteiger partial charge in [-0.3, -0.25) is 4.79 Å². The Hall–Kier alpha value is -1.00. The van der Waals surface area contributed by atoms with E-state index in [0.717, 1.165) is 24.1 Å². The molecule has 1 unspecified atom stereocenters. The molecule has 19 heavy (non-hydrogen) atoms. The van der Waals surface area contributed by atoms with Crippen LogP contribution in [0.3, 0.4) is 0 Å². The zero-order valence-corrected chi connectivity index (χ0v) is 12.8. The predicted molar refractivity (Wildman–Crippen MR) is 83.7 cm³/mol. The first-order valence-corrected chi connectivity index (χ1v) is 7.72. The van der Waals surface area contributed by atoms with Crippen molar-refractivity contribution in [2.24, 2.45) is 5.73 Å². The van der Waals surface area contributed by atoms with E-state index in [2.05, 4.69) is 31.3 Å². The molecule has 0 aliphatic heterocycles. The fourth-order valence-electron chi connectivity index (χ4n) is 1.64. The number of rotatable bonds is 7. The fourth-order valence-corrected chi connectivity index (χ4v) is 2.66. The van der Waals surface area contributed by atoms with Crippen LogP contribution >= 0.6 is 11.8 Å². The third kappa shape index (κ3) is 5.66. The number of carbonyl (C=O) groups excluding carboxylic acids is 1. The molecule has 0 bridgehead atoms. The zero-order chi connectivity index (χ0) is 14.3. The van der Waals surface area contributed by atoms with E-state index in [4.69, 9.17) is 5.73 Å². The average molecular weight is 280 g/mol. The van der Waals surface area contributed by atoms with E-state index in [0.29, 0.717) is 18.2 Å². The Balaban J connectivity index is 2.64. The van der Waals surface area contributed by atoms with Crippen molar-refractivity contribution in [3.05, 3.63) is 23.8 Å². The molecule has 0 radical (unpaired) electrons. The molecule has 1 aromatic rings. The Labute approximate surface area is 120 Å². The lowest BCUT2D eigenvalue weighted by atomic mass is 10.2. The number of nitrogens with two attached hydrogens (primary N) is 1. The quantitative estimate of drug-likeness (QED) is 0.751. The molecule has 0 aromatic heterocycles. The van der Waals surface area contributed by atoms with Crippen LogP contribution in [0.4, 0.5) is 5.69 Å². The summed E-state index contributed by atoms with van der Waals surface area (Å²) in [5, 5.41) is 3.55. The van der Waals surface area contributed by atoms with E-state index in [9.17, 15) is 4.79 Å². The molecule has 1 aromatic carbocycles. The van der Waals surface area contributed by atoms with Crippen molar-refractivity contribution in [1.82, 2.24) is 0 Å². The highest BCUT2D eigenvalue weighted by Crippen LogP contribution is 2.28. The van der Waals surface area contributed by atoms with Crippen LogP contribution < -0.4 is 11.1 Å². The molecule has 0 aliphatic carbocycles. The Morgan fingerprint density at radius 2 is 2.21 bits per heavy atom. The molecule has 0 saturated heterocycles. The van der Waals surface area contributed by atoms with Crippen LogP contribution in [0.25, 0.3) is 0 Å². The number of benzene rings is 1. The van der Waals surface area contributed by atoms with E-state index in [1.54, 1.807) is 0 Å². The van der Waals surface area contributed by atoms with Gasteiger partial charge in [0.2, 0.25) is 5.91 Å². The molecule has 0 fully saturated rings. The van der Waals surface area contributed by atoms with Gasteiger partial charge in [0.1, 0.15) is 0 Å². The smallest absolute Gasteiger partial charge is 0.224 e. The molecule has 4 heteroatoms. The van der Waals surface area contributed by atoms with Gasteiger partial charge in [-0.25, -0.2) is 0 Å². The molecule has 1 rings (SSSR count). The summed E-state index contributed by atoms with van der Waals surface area (Å²) in [4.78, 5) is 12.9. The highest BCUT2D eigenvalue weighted by atomic mass is 32.2. The lowest BCUT2D eigenvalue weighted by molar-refractivity contribution is -0.116. The molecule has 0 saturated carbocycles. The van der Waals surface area contributed by atoms with Crippen molar-refractivity contribution in [3.63, 3.8) is 0 Å². The summed E-state index contributed by atoms with van der Waals surface area (Å²) in [5.74, 6) is 0.0379. The van der Waals surface area contributed by atoms with Gasteiger partial charge in [0, 0.05) is 22.3 Å². The van der Waals surface area contributed by atoms with Crippen LogP contribution in [-0.2, 0) is 4.79 Å². The Morgan fingerprint density at radius 3 is 2.79 bits per heavy atom. The normalized spacial score (nSPS) is 12.2. The molecule has 0 heterocycles. The monoisotopic (exact) mass is 280 g/mol. The summed E-state index contributed by atoms with van der Waals surface area (Å²) in [7, 11) is 0. The van der Waals surface area contributed by atoms with Crippen LogP contribution in [0.5, 0.6) is 0 Å².